The second-order valence-corrected chi connectivity index (χ2v) is 5.11. The van der Waals surface area contributed by atoms with Crippen LogP contribution in [0.3, 0.4) is 0 Å². The van der Waals surface area contributed by atoms with Crippen molar-refractivity contribution in [3.63, 3.8) is 0 Å². The molecule has 2 rings (SSSR count). The number of aryl methyl sites for hydroxylation is 1. The molecule has 2 N–H and O–H groups in total. The van der Waals surface area contributed by atoms with E-state index in [0.29, 0.717) is 11.9 Å². The Labute approximate surface area is 103 Å². The largest absolute Gasteiger partial charge is 0.382 e. The van der Waals surface area contributed by atoms with Crippen LogP contribution >= 0.6 is 0 Å². The Kier molecular flexibility index (Phi) is 4.42. The number of nitrogens with two attached hydrogens (primary N) is 1. The van der Waals surface area contributed by atoms with Crippen molar-refractivity contribution >= 4 is 5.82 Å². The molecule has 4 nitrogen and oxygen atoms in total. The van der Waals surface area contributed by atoms with Crippen molar-refractivity contribution in [1.29, 1.82) is 0 Å². The zero-order valence-corrected chi connectivity index (χ0v) is 10.6. The quantitative estimate of drug-likeness (QED) is 0.800. The highest BCUT2D eigenvalue weighted by Crippen LogP contribution is 2.25. The zero-order chi connectivity index (χ0) is 12.1. The molecule has 1 saturated carbocycles. The zero-order valence-electron chi connectivity index (χ0n) is 10.6. The third-order valence-corrected chi connectivity index (χ3v) is 3.51. The predicted molar refractivity (Wildman–Crippen MR) is 68.6 cm³/mol. The molecule has 1 aromatic rings. The number of hydrogen-bond donors (Lipinski definition) is 1. The molecule has 0 saturated heterocycles. The second-order valence-electron chi connectivity index (χ2n) is 5.11. The van der Waals surface area contributed by atoms with Crippen LogP contribution in [0.4, 0.5) is 5.82 Å². The molecule has 0 atom stereocenters. The first-order valence-corrected chi connectivity index (χ1v) is 6.64. The van der Waals surface area contributed by atoms with Gasteiger partial charge >= 0.3 is 0 Å². The Bertz CT molecular complexity index is 329. The summed E-state index contributed by atoms with van der Waals surface area (Å²) < 4.78 is 7.76. The highest BCUT2D eigenvalue weighted by Gasteiger charge is 2.18. The Morgan fingerprint density at radius 1 is 1.41 bits per heavy atom. The van der Waals surface area contributed by atoms with Crippen LogP contribution in [0.1, 0.15) is 39.0 Å². The minimum Gasteiger partial charge on any atom is -0.382 e. The first-order chi connectivity index (χ1) is 8.24. The fourth-order valence-corrected chi connectivity index (χ4v) is 2.37. The van der Waals surface area contributed by atoms with Gasteiger partial charge in [0, 0.05) is 19.3 Å². The maximum atomic E-state index is 5.89. The topological polar surface area (TPSA) is 53.1 Å². The lowest BCUT2D eigenvalue weighted by molar-refractivity contribution is 0.0170. The summed E-state index contributed by atoms with van der Waals surface area (Å²) in [5, 5.41) is 4.14. The van der Waals surface area contributed by atoms with Crippen molar-refractivity contribution in [3.05, 3.63) is 12.3 Å². The first-order valence-electron chi connectivity index (χ1n) is 6.64. The fraction of sp³-hybridized carbons (Fsp3) is 0.769. The summed E-state index contributed by atoms with van der Waals surface area (Å²) in [6.45, 7) is 4.05. The van der Waals surface area contributed by atoms with Gasteiger partial charge in [-0.15, -0.1) is 0 Å². The maximum absolute atomic E-state index is 5.89. The number of ether oxygens (including phenoxy) is 1. The van der Waals surface area contributed by atoms with Gasteiger partial charge in [0.05, 0.1) is 6.10 Å². The summed E-state index contributed by atoms with van der Waals surface area (Å²) >= 11 is 0. The van der Waals surface area contributed by atoms with E-state index >= 15 is 0 Å². The number of nitrogen functional groups attached to an aromatic ring is 1. The predicted octanol–water partition coefficient (Wildman–Crippen LogP) is 2.45. The van der Waals surface area contributed by atoms with Crippen molar-refractivity contribution in [1.82, 2.24) is 9.78 Å². The Hall–Kier alpha value is -1.03. The van der Waals surface area contributed by atoms with Gasteiger partial charge < -0.3 is 10.5 Å². The lowest BCUT2D eigenvalue weighted by Gasteiger charge is -2.26. The SMILES string of the molecule is CC1CCC(OCCCn2ccc(N)n2)CC1. The van der Waals surface area contributed by atoms with Crippen LogP contribution in [-0.2, 0) is 11.3 Å². The molecule has 1 heterocycles. The van der Waals surface area contributed by atoms with E-state index in [1.54, 1.807) is 0 Å². The molecule has 1 aliphatic rings. The Morgan fingerprint density at radius 3 is 2.82 bits per heavy atom. The first kappa shape index (κ1) is 12.4. The van der Waals surface area contributed by atoms with Crippen molar-refractivity contribution in [3.8, 4) is 0 Å². The average Bonchev–Trinajstić information content (AvgIpc) is 2.73. The molecule has 96 valence electrons. The smallest absolute Gasteiger partial charge is 0.145 e. The van der Waals surface area contributed by atoms with Crippen molar-refractivity contribution in [2.45, 2.75) is 51.7 Å². The van der Waals surface area contributed by atoms with Crippen LogP contribution in [0.5, 0.6) is 0 Å². The molecule has 0 aliphatic heterocycles. The number of anilines is 1. The van der Waals surface area contributed by atoms with Crippen LogP contribution in [0.15, 0.2) is 12.3 Å². The number of nitrogens with zero attached hydrogens (tertiary/aromatic N) is 2. The maximum Gasteiger partial charge on any atom is 0.145 e. The van der Waals surface area contributed by atoms with E-state index in [9.17, 15) is 0 Å². The lowest BCUT2D eigenvalue weighted by Crippen LogP contribution is -2.21. The Morgan fingerprint density at radius 2 is 2.18 bits per heavy atom. The van der Waals surface area contributed by atoms with Gasteiger partial charge in [0.15, 0.2) is 0 Å². The second kappa shape index (κ2) is 6.05. The molecule has 0 unspecified atom stereocenters. The van der Waals surface area contributed by atoms with Crippen LogP contribution in [-0.4, -0.2) is 22.5 Å². The van der Waals surface area contributed by atoms with Crippen molar-refractivity contribution < 1.29 is 4.74 Å². The van der Waals surface area contributed by atoms with Gasteiger partial charge in [-0.2, -0.15) is 5.10 Å². The van der Waals surface area contributed by atoms with Crippen molar-refractivity contribution in [2.24, 2.45) is 5.92 Å². The number of hydrogen-bond acceptors (Lipinski definition) is 3. The summed E-state index contributed by atoms with van der Waals surface area (Å²) in [5.74, 6) is 1.48. The molecule has 0 bridgehead atoms. The van der Waals surface area contributed by atoms with Gasteiger partial charge in [0.25, 0.3) is 0 Å². The van der Waals surface area contributed by atoms with Gasteiger partial charge in [0.2, 0.25) is 0 Å². The minimum absolute atomic E-state index is 0.494. The summed E-state index contributed by atoms with van der Waals surface area (Å²) in [5.41, 5.74) is 5.55. The summed E-state index contributed by atoms with van der Waals surface area (Å²) in [6, 6.07) is 1.82. The summed E-state index contributed by atoms with van der Waals surface area (Å²) in [4.78, 5) is 0. The van der Waals surface area contributed by atoms with Gasteiger partial charge in [0.1, 0.15) is 5.82 Å². The standard InChI is InChI=1S/C13H23N3O/c1-11-3-5-12(6-4-11)17-10-2-8-16-9-7-13(14)15-16/h7,9,11-12H,2-6,8,10H2,1H3,(H2,14,15). The van der Waals surface area contributed by atoms with E-state index in [1.165, 1.54) is 25.7 Å². The van der Waals surface area contributed by atoms with Crippen LogP contribution in [0.2, 0.25) is 0 Å². The molecule has 1 aliphatic carbocycles. The number of rotatable bonds is 5. The summed E-state index contributed by atoms with van der Waals surface area (Å²) in [7, 11) is 0. The number of aromatic nitrogens is 2. The molecule has 0 radical (unpaired) electrons. The van der Waals surface area contributed by atoms with Gasteiger partial charge in [-0.05, 0) is 44.1 Å². The monoisotopic (exact) mass is 237 g/mol. The molecule has 1 fully saturated rings. The fourth-order valence-electron chi connectivity index (χ4n) is 2.37. The van der Waals surface area contributed by atoms with Gasteiger partial charge in [-0.3, -0.25) is 4.68 Å². The molecule has 0 amide bonds. The molecule has 17 heavy (non-hydrogen) atoms. The van der Waals surface area contributed by atoms with E-state index in [4.69, 9.17) is 10.5 Å². The minimum atomic E-state index is 0.494. The third-order valence-electron chi connectivity index (χ3n) is 3.51. The van der Waals surface area contributed by atoms with Gasteiger partial charge in [-0.1, -0.05) is 6.92 Å². The molecular formula is C13H23N3O. The average molecular weight is 237 g/mol. The van der Waals surface area contributed by atoms with Crippen LogP contribution in [0, 0.1) is 5.92 Å². The van der Waals surface area contributed by atoms with Crippen LogP contribution < -0.4 is 5.73 Å². The highest BCUT2D eigenvalue weighted by atomic mass is 16.5. The van der Waals surface area contributed by atoms with E-state index < -0.39 is 0 Å². The molecule has 0 spiro atoms. The summed E-state index contributed by atoms with van der Waals surface area (Å²) in [6.07, 6.45) is 8.52. The lowest BCUT2D eigenvalue weighted by atomic mass is 9.89. The molecule has 0 aromatic carbocycles. The van der Waals surface area contributed by atoms with Crippen molar-refractivity contribution in [2.75, 3.05) is 12.3 Å². The Balaban J connectivity index is 1.57. The molecule has 1 aromatic heterocycles. The highest BCUT2D eigenvalue weighted by molar-refractivity contribution is 5.23. The third kappa shape index (κ3) is 4.04. The van der Waals surface area contributed by atoms with Gasteiger partial charge in [-0.25, -0.2) is 0 Å². The van der Waals surface area contributed by atoms with Crippen LogP contribution in [0.25, 0.3) is 0 Å². The molecule has 4 heteroatoms. The van der Waals surface area contributed by atoms with E-state index in [1.807, 2.05) is 16.9 Å². The normalized spacial score (nSPS) is 25.0. The van der Waals surface area contributed by atoms with E-state index in [0.717, 1.165) is 25.5 Å². The molecular weight excluding hydrogens is 214 g/mol. The van der Waals surface area contributed by atoms with E-state index in [-0.39, 0.29) is 0 Å². The van der Waals surface area contributed by atoms with E-state index in [2.05, 4.69) is 12.0 Å².